The summed E-state index contributed by atoms with van der Waals surface area (Å²) in [6, 6.07) is 0. The first-order valence-electron chi connectivity index (χ1n) is 6.76. The van der Waals surface area contributed by atoms with E-state index in [1.807, 2.05) is 0 Å². The third-order valence-corrected chi connectivity index (χ3v) is 3.61. The van der Waals surface area contributed by atoms with Crippen LogP contribution in [-0.2, 0) is 11.3 Å². The molecule has 0 aliphatic carbocycles. The zero-order valence-electron chi connectivity index (χ0n) is 11.5. The number of ether oxygens (including phenoxy) is 1. The Balaban J connectivity index is 2.17. The monoisotopic (exact) mass is 291 g/mol. The molecule has 0 saturated carbocycles. The molecule has 2 aromatic rings. The summed E-state index contributed by atoms with van der Waals surface area (Å²) >= 11 is 0. The Bertz CT molecular complexity index is 735. The SMILES string of the molecule is C=CCn1c(=O)n([C@H]2CC[C@@H](CO)O2)c2nc(N)ncc21. The lowest BCUT2D eigenvalue weighted by atomic mass is 10.2. The molecular formula is C13H17N5O3. The molecule has 8 heteroatoms. The Labute approximate surface area is 120 Å². The first-order chi connectivity index (χ1) is 10.2. The highest BCUT2D eigenvalue weighted by atomic mass is 16.5. The topological polar surface area (TPSA) is 108 Å². The second-order valence-electron chi connectivity index (χ2n) is 4.96. The quantitative estimate of drug-likeness (QED) is 0.769. The highest BCUT2D eigenvalue weighted by molar-refractivity contribution is 5.71. The number of rotatable bonds is 4. The van der Waals surface area contributed by atoms with Crippen LogP contribution in [0.5, 0.6) is 0 Å². The van der Waals surface area contributed by atoms with Crippen LogP contribution in [-0.4, -0.2) is 36.9 Å². The molecule has 21 heavy (non-hydrogen) atoms. The van der Waals surface area contributed by atoms with Gasteiger partial charge in [-0.15, -0.1) is 6.58 Å². The molecule has 3 rings (SSSR count). The van der Waals surface area contributed by atoms with Gasteiger partial charge in [0.05, 0.1) is 18.9 Å². The number of hydrogen-bond acceptors (Lipinski definition) is 6. The standard InChI is InChI=1S/C13H17N5O3/c1-2-5-17-9-6-15-12(14)16-11(9)18(13(17)20)10-4-3-8(7-19)21-10/h2,6,8,10,19H,1,3-5,7H2,(H2,14,15,16)/t8-,10+/m0/s1. The molecule has 3 N–H and O–H groups in total. The zero-order chi connectivity index (χ0) is 15.0. The van der Waals surface area contributed by atoms with Crippen LogP contribution in [0.2, 0.25) is 0 Å². The fourth-order valence-corrected chi connectivity index (χ4v) is 2.65. The van der Waals surface area contributed by atoms with Crippen LogP contribution in [0.1, 0.15) is 19.1 Å². The molecule has 3 heterocycles. The zero-order valence-corrected chi connectivity index (χ0v) is 11.5. The minimum atomic E-state index is -0.447. The van der Waals surface area contributed by atoms with Gasteiger partial charge in [0.2, 0.25) is 5.95 Å². The number of aromatic nitrogens is 4. The average molecular weight is 291 g/mol. The molecule has 1 fully saturated rings. The number of anilines is 1. The Kier molecular flexibility index (Phi) is 3.48. The Morgan fingerprint density at radius 2 is 2.38 bits per heavy atom. The normalized spacial score (nSPS) is 22.0. The Morgan fingerprint density at radius 1 is 1.57 bits per heavy atom. The van der Waals surface area contributed by atoms with E-state index in [0.29, 0.717) is 30.6 Å². The van der Waals surface area contributed by atoms with Gasteiger partial charge in [-0.2, -0.15) is 4.98 Å². The summed E-state index contributed by atoms with van der Waals surface area (Å²) in [5, 5.41) is 9.17. The average Bonchev–Trinajstić information content (AvgIpc) is 3.03. The van der Waals surface area contributed by atoms with Crippen LogP contribution < -0.4 is 11.4 Å². The van der Waals surface area contributed by atoms with Gasteiger partial charge in [-0.05, 0) is 12.8 Å². The van der Waals surface area contributed by atoms with E-state index in [-0.39, 0.29) is 24.3 Å². The summed E-state index contributed by atoms with van der Waals surface area (Å²) in [7, 11) is 0. The second kappa shape index (κ2) is 5.30. The third kappa shape index (κ3) is 2.22. The van der Waals surface area contributed by atoms with E-state index in [0.717, 1.165) is 0 Å². The minimum Gasteiger partial charge on any atom is -0.394 e. The van der Waals surface area contributed by atoms with Crippen LogP contribution in [0, 0.1) is 0 Å². The number of aliphatic hydroxyl groups excluding tert-OH is 1. The summed E-state index contributed by atoms with van der Waals surface area (Å²) in [4.78, 5) is 20.7. The number of nitrogens with zero attached hydrogens (tertiary/aromatic N) is 4. The summed E-state index contributed by atoms with van der Waals surface area (Å²) in [6.07, 6.45) is 3.80. The molecule has 1 aliphatic heterocycles. The van der Waals surface area contributed by atoms with E-state index >= 15 is 0 Å². The Hall–Kier alpha value is -2.19. The number of aliphatic hydroxyl groups is 1. The lowest BCUT2D eigenvalue weighted by molar-refractivity contribution is -0.0223. The molecular weight excluding hydrogens is 274 g/mol. The van der Waals surface area contributed by atoms with Crippen LogP contribution >= 0.6 is 0 Å². The molecule has 0 aromatic carbocycles. The van der Waals surface area contributed by atoms with E-state index < -0.39 is 6.23 Å². The van der Waals surface area contributed by atoms with Crippen LogP contribution in [0.15, 0.2) is 23.6 Å². The van der Waals surface area contributed by atoms with Gasteiger partial charge in [-0.1, -0.05) is 6.08 Å². The highest BCUT2D eigenvalue weighted by Gasteiger charge is 2.30. The highest BCUT2D eigenvalue weighted by Crippen LogP contribution is 2.29. The summed E-state index contributed by atoms with van der Waals surface area (Å²) in [5.41, 5.74) is 6.42. The van der Waals surface area contributed by atoms with E-state index in [2.05, 4.69) is 16.5 Å². The van der Waals surface area contributed by atoms with Gasteiger partial charge < -0.3 is 15.6 Å². The van der Waals surface area contributed by atoms with Crippen LogP contribution in [0.3, 0.4) is 0 Å². The summed E-state index contributed by atoms with van der Waals surface area (Å²) in [5.74, 6) is 0.101. The van der Waals surface area contributed by atoms with E-state index in [9.17, 15) is 9.90 Å². The van der Waals surface area contributed by atoms with Crippen LogP contribution in [0.25, 0.3) is 11.2 Å². The maximum Gasteiger partial charge on any atom is 0.332 e. The van der Waals surface area contributed by atoms with E-state index in [1.165, 1.54) is 15.3 Å². The molecule has 2 aromatic heterocycles. The van der Waals surface area contributed by atoms with Crippen molar-refractivity contribution < 1.29 is 9.84 Å². The van der Waals surface area contributed by atoms with Crippen molar-refractivity contribution in [3.63, 3.8) is 0 Å². The lowest BCUT2D eigenvalue weighted by Crippen LogP contribution is -2.28. The number of fused-ring (bicyclic) bond motifs is 1. The minimum absolute atomic E-state index is 0.0618. The first-order valence-corrected chi connectivity index (χ1v) is 6.76. The number of nitrogen functional groups attached to an aromatic ring is 1. The molecule has 8 nitrogen and oxygen atoms in total. The summed E-state index contributed by atoms with van der Waals surface area (Å²) < 4.78 is 8.69. The molecule has 112 valence electrons. The van der Waals surface area contributed by atoms with Crippen molar-refractivity contribution in [2.75, 3.05) is 12.3 Å². The van der Waals surface area contributed by atoms with Crippen molar-refractivity contribution in [2.45, 2.75) is 31.7 Å². The number of hydrogen-bond donors (Lipinski definition) is 2. The van der Waals surface area contributed by atoms with Crippen LogP contribution in [0.4, 0.5) is 5.95 Å². The van der Waals surface area contributed by atoms with Gasteiger partial charge in [0.15, 0.2) is 5.65 Å². The van der Waals surface area contributed by atoms with Crippen molar-refractivity contribution in [2.24, 2.45) is 0 Å². The predicted octanol–water partition coefficient (Wildman–Crippen LogP) is 0.0311. The third-order valence-electron chi connectivity index (χ3n) is 3.61. The predicted molar refractivity (Wildman–Crippen MR) is 76.6 cm³/mol. The van der Waals surface area contributed by atoms with Crippen molar-refractivity contribution in [1.29, 1.82) is 0 Å². The van der Waals surface area contributed by atoms with Crippen molar-refractivity contribution in [3.05, 3.63) is 29.3 Å². The summed E-state index contributed by atoms with van der Waals surface area (Å²) in [6.45, 7) is 3.95. The molecule has 0 unspecified atom stereocenters. The maximum atomic E-state index is 12.6. The molecule has 0 amide bonds. The fourth-order valence-electron chi connectivity index (χ4n) is 2.65. The van der Waals surface area contributed by atoms with Gasteiger partial charge in [-0.25, -0.2) is 14.3 Å². The molecule has 0 radical (unpaired) electrons. The van der Waals surface area contributed by atoms with Gasteiger partial charge >= 0.3 is 5.69 Å². The van der Waals surface area contributed by atoms with Crippen molar-refractivity contribution in [3.8, 4) is 0 Å². The largest absolute Gasteiger partial charge is 0.394 e. The molecule has 2 atom stereocenters. The number of imidazole rings is 1. The Morgan fingerprint density at radius 3 is 3.05 bits per heavy atom. The number of allylic oxidation sites excluding steroid dienone is 1. The van der Waals surface area contributed by atoms with Gasteiger partial charge in [-0.3, -0.25) is 4.57 Å². The van der Waals surface area contributed by atoms with E-state index in [1.54, 1.807) is 6.08 Å². The van der Waals surface area contributed by atoms with E-state index in [4.69, 9.17) is 10.5 Å². The number of nitrogens with two attached hydrogens (primary N) is 1. The molecule has 1 saturated heterocycles. The second-order valence-corrected chi connectivity index (χ2v) is 4.96. The van der Waals surface area contributed by atoms with Gasteiger partial charge in [0.25, 0.3) is 0 Å². The van der Waals surface area contributed by atoms with Crippen molar-refractivity contribution >= 4 is 17.1 Å². The smallest absolute Gasteiger partial charge is 0.332 e. The maximum absolute atomic E-state index is 12.6. The molecule has 1 aliphatic rings. The molecule has 0 bridgehead atoms. The van der Waals surface area contributed by atoms with Crippen molar-refractivity contribution in [1.82, 2.24) is 19.1 Å². The first kappa shape index (κ1) is 13.8. The van der Waals surface area contributed by atoms with Gasteiger partial charge in [0, 0.05) is 6.54 Å². The fraction of sp³-hybridized carbons (Fsp3) is 0.462. The lowest BCUT2D eigenvalue weighted by Gasteiger charge is -2.13. The van der Waals surface area contributed by atoms with Gasteiger partial charge in [0.1, 0.15) is 11.7 Å². The molecule has 0 spiro atoms.